The first-order valence-electron chi connectivity index (χ1n) is 8.89. The first-order chi connectivity index (χ1) is 13.5. The maximum Gasteiger partial charge on any atom is 0.251 e. The number of amides is 1. The summed E-state index contributed by atoms with van der Waals surface area (Å²) in [6.45, 7) is 1.38. The van der Waals surface area contributed by atoms with Crippen LogP contribution in [-0.2, 0) is 0 Å². The van der Waals surface area contributed by atoms with Gasteiger partial charge in [-0.25, -0.2) is 4.98 Å². The maximum atomic E-state index is 12.4. The number of hydrogen-bond donors (Lipinski definition) is 2. The van der Waals surface area contributed by atoms with Crippen molar-refractivity contribution in [2.24, 2.45) is 0 Å². The fraction of sp³-hybridized carbons (Fsp3) is 0.190. The summed E-state index contributed by atoms with van der Waals surface area (Å²) >= 11 is 6.02. The van der Waals surface area contributed by atoms with Gasteiger partial charge in [-0.3, -0.25) is 9.78 Å². The van der Waals surface area contributed by atoms with Crippen molar-refractivity contribution in [1.82, 2.24) is 20.2 Å². The number of hydrogen-bond acceptors (Lipinski definition) is 5. The van der Waals surface area contributed by atoms with Gasteiger partial charge in [-0.2, -0.15) is 0 Å². The smallest absolute Gasteiger partial charge is 0.251 e. The highest BCUT2D eigenvalue weighted by Gasteiger charge is 2.09. The first-order valence-corrected chi connectivity index (χ1v) is 9.27. The van der Waals surface area contributed by atoms with Crippen LogP contribution >= 0.6 is 11.6 Å². The van der Waals surface area contributed by atoms with Gasteiger partial charge in [0.05, 0.1) is 18.1 Å². The van der Waals surface area contributed by atoms with E-state index in [1.807, 2.05) is 61.5 Å². The van der Waals surface area contributed by atoms with Crippen LogP contribution in [-0.4, -0.2) is 48.0 Å². The third kappa shape index (κ3) is 5.52. The molecule has 0 fully saturated rings. The lowest BCUT2D eigenvalue weighted by molar-refractivity contribution is 0.0951. The average Bonchev–Trinajstić information content (AvgIpc) is 2.68. The highest BCUT2D eigenvalue weighted by Crippen LogP contribution is 2.22. The number of rotatable bonds is 7. The Balaban J connectivity index is 1.75. The molecule has 0 saturated heterocycles. The van der Waals surface area contributed by atoms with Crippen LogP contribution < -0.4 is 10.6 Å². The van der Waals surface area contributed by atoms with Crippen LogP contribution in [0.2, 0.25) is 5.02 Å². The average molecular weight is 396 g/mol. The van der Waals surface area contributed by atoms with Crippen molar-refractivity contribution in [3.63, 3.8) is 0 Å². The van der Waals surface area contributed by atoms with Crippen molar-refractivity contribution in [2.75, 3.05) is 32.5 Å². The number of nitrogens with one attached hydrogen (secondary N) is 2. The number of likely N-dealkylation sites (N-methyl/N-ethyl adjacent to an activating group) is 1. The standard InChI is InChI=1S/C21H22ClN5O/c1-27(2)10-9-24-21(28)16-6-3-5-15(11-16)19-13-23-14-20(26-19)25-18-8-4-7-17(22)12-18/h3-8,11-14H,9-10H2,1-2H3,(H,24,28)(H,25,26). The van der Waals surface area contributed by atoms with Crippen LogP contribution in [0.5, 0.6) is 0 Å². The van der Waals surface area contributed by atoms with Gasteiger partial charge >= 0.3 is 0 Å². The molecule has 0 spiro atoms. The van der Waals surface area contributed by atoms with Gasteiger partial charge in [0.25, 0.3) is 5.91 Å². The molecule has 0 bridgehead atoms. The third-order valence-electron chi connectivity index (χ3n) is 4.00. The first kappa shape index (κ1) is 19.8. The normalized spacial score (nSPS) is 10.7. The SMILES string of the molecule is CN(C)CCNC(=O)c1cccc(-c2cncc(Nc3cccc(Cl)c3)n2)c1. The molecule has 0 atom stereocenters. The third-order valence-corrected chi connectivity index (χ3v) is 4.23. The van der Waals surface area contributed by atoms with E-state index in [1.54, 1.807) is 18.5 Å². The summed E-state index contributed by atoms with van der Waals surface area (Å²) in [6, 6.07) is 14.7. The Bertz CT molecular complexity index is 961. The lowest BCUT2D eigenvalue weighted by Gasteiger charge is -2.11. The molecule has 0 unspecified atom stereocenters. The van der Waals surface area contributed by atoms with E-state index in [0.29, 0.717) is 28.6 Å². The minimum atomic E-state index is -0.107. The number of carbonyl (C=O) groups excluding carboxylic acids is 1. The summed E-state index contributed by atoms with van der Waals surface area (Å²) in [6.07, 6.45) is 3.31. The predicted molar refractivity (Wildman–Crippen MR) is 113 cm³/mol. The second kappa shape index (κ2) is 9.30. The van der Waals surface area contributed by atoms with E-state index in [0.717, 1.165) is 17.8 Å². The molecule has 3 rings (SSSR count). The fourth-order valence-electron chi connectivity index (χ4n) is 2.59. The summed E-state index contributed by atoms with van der Waals surface area (Å²) in [4.78, 5) is 23.2. The second-order valence-electron chi connectivity index (χ2n) is 6.56. The lowest BCUT2D eigenvalue weighted by Crippen LogP contribution is -2.31. The quantitative estimate of drug-likeness (QED) is 0.636. The van der Waals surface area contributed by atoms with Gasteiger partial charge in [0.1, 0.15) is 5.82 Å². The summed E-state index contributed by atoms with van der Waals surface area (Å²) < 4.78 is 0. The molecular weight excluding hydrogens is 374 g/mol. The molecule has 2 N–H and O–H groups in total. The number of halogens is 1. The number of carbonyl (C=O) groups is 1. The van der Waals surface area contributed by atoms with Gasteiger partial charge in [0.15, 0.2) is 0 Å². The van der Waals surface area contributed by atoms with E-state index >= 15 is 0 Å². The Morgan fingerprint density at radius 1 is 1.11 bits per heavy atom. The molecule has 1 aromatic heterocycles. The lowest BCUT2D eigenvalue weighted by atomic mass is 10.1. The fourth-order valence-corrected chi connectivity index (χ4v) is 2.78. The minimum absolute atomic E-state index is 0.107. The highest BCUT2D eigenvalue weighted by molar-refractivity contribution is 6.30. The van der Waals surface area contributed by atoms with Crippen molar-refractivity contribution in [1.29, 1.82) is 0 Å². The van der Waals surface area contributed by atoms with E-state index in [1.165, 1.54) is 0 Å². The molecule has 0 saturated carbocycles. The van der Waals surface area contributed by atoms with Crippen LogP contribution in [0.4, 0.5) is 11.5 Å². The molecule has 7 heteroatoms. The molecule has 1 amide bonds. The predicted octanol–water partition coefficient (Wildman–Crippen LogP) is 3.83. The zero-order valence-corrected chi connectivity index (χ0v) is 16.6. The van der Waals surface area contributed by atoms with Crippen LogP contribution in [0, 0.1) is 0 Å². The number of nitrogens with zero attached hydrogens (tertiary/aromatic N) is 3. The Hall–Kier alpha value is -2.96. The van der Waals surface area contributed by atoms with Gasteiger partial charge in [-0.1, -0.05) is 29.8 Å². The van der Waals surface area contributed by atoms with Gasteiger partial charge < -0.3 is 15.5 Å². The van der Waals surface area contributed by atoms with Gasteiger partial charge in [0.2, 0.25) is 0 Å². The van der Waals surface area contributed by atoms with E-state index in [2.05, 4.69) is 20.6 Å². The van der Waals surface area contributed by atoms with E-state index in [4.69, 9.17) is 11.6 Å². The Kier molecular flexibility index (Phi) is 6.57. The van der Waals surface area contributed by atoms with E-state index < -0.39 is 0 Å². The zero-order chi connectivity index (χ0) is 19.9. The molecular formula is C21H22ClN5O. The molecule has 28 heavy (non-hydrogen) atoms. The number of benzene rings is 2. The summed E-state index contributed by atoms with van der Waals surface area (Å²) in [5.41, 5.74) is 2.91. The summed E-state index contributed by atoms with van der Waals surface area (Å²) in [5.74, 6) is 0.491. The van der Waals surface area contributed by atoms with Crippen molar-refractivity contribution < 1.29 is 4.79 Å². The summed E-state index contributed by atoms with van der Waals surface area (Å²) in [5, 5.41) is 6.75. The number of anilines is 2. The molecule has 144 valence electrons. The molecule has 1 heterocycles. The molecule has 3 aromatic rings. The van der Waals surface area contributed by atoms with Crippen molar-refractivity contribution >= 4 is 29.0 Å². The highest BCUT2D eigenvalue weighted by atomic mass is 35.5. The van der Waals surface area contributed by atoms with E-state index in [-0.39, 0.29) is 5.91 Å². The van der Waals surface area contributed by atoms with Crippen molar-refractivity contribution in [3.8, 4) is 11.3 Å². The Morgan fingerprint density at radius 3 is 2.71 bits per heavy atom. The maximum absolute atomic E-state index is 12.4. The second-order valence-corrected chi connectivity index (χ2v) is 7.00. The van der Waals surface area contributed by atoms with Gasteiger partial charge in [0, 0.05) is 34.9 Å². The minimum Gasteiger partial charge on any atom is -0.351 e. The Labute approximate surface area is 169 Å². The topological polar surface area (TPSA) is 70.2 Å². The van der Waals surface area contributed by atoms with Gasteiger partial charge in [-0.15, -0.1) is 0 Å². The van der Waals surface area contributed by atoms with Crippen LogP contribution in [0.3, 0.4) is 0 Å². The number of aromatic nitrogens is 2. The molecule has 0 aliphatic rings. The van der Waals surface area contributed by atoms with Crippen LogP contribution in [0.25, 0.3) is 11.3 Å². The molecule has 0 aliphatic heterocycles. The van der Waals surface area contributed by atoms with Crippen LogP contribution in [0.15, 0.2) is 60.9 Å². The van der Waals surface area contributed by atoms with Gasteiger partial charge in [-0.05, 0) is 44.4 Å². The molecule has 0 radical (unpaired) electrons. The molecule has 6 nitrogen and oxygen atoms in total. The molecule has 2 aromatic carbocycles. The summed E-state index contributed by atoms with van der Waals surface area (Å²) in [7, 11) is 3.94. The molecule has 0 aliphatic carbocycles. The van der Waals surface area contributed by atoms with Crippen molar-refractivity contribution in [2.45, 2.75) is 0 Å². The zero-order valence-electron chi connectivity index (χ0n) is 15.8. The van der Waals surface area contributed by atoms with Crippen molar-refractivity contribution in [3.05, 3.63) is 71.5 Å². The monoisotopic (exact) mass is 395 g/mol. The van der Waals surface area contributed by atoms with E-state index in [9.17, 15) is 4.79 Å². The largest absolute Gasteiger partial charge is 0.351 e. The Morgan fingerprint density at radius 2 is 1.93 bits per heavy atom. The van der Waals surface area contributed by atoms with Crippen LogP contribution in [0.1, 0.15) is 10.4 Å².